The summed E-state index contributed by atoms with van der Waals surface area (Å²) in [6.45, 7) is 3.59. The van der Waals surface area contributed by atoms with Crippen LogP contribution in [0.2, 0.25) is 0 Å². The van der Waals surface area contributed by atoms with Crippen molar-refractivity contribution in [2.45, 2.75) is 50.7 Å². The molecule has 0 radical (unpaired) electrons. The average molecular weight is 457 g/mol. The van der Waals surface area contributed by atoms with Crippen molar-refractivity contribution in [2.75, 3.05) is 0 Å². The summed E-state index contributed by atoms with van der Waals surface area (Å²) in [5.74, 6) is 1.52. The SMILES string of the molecule is CC(C)(O)c1ccc(-c2ccc3nc4n(c3c2)[C@@H](c2c([C-]=O)cccc2C2CC2)C[CH-]4)cc1.[CH3-].[Li+]. The van der Waals surface area contributed by atoms with Crippen molar-refractivity contribution in [3.8, 4) is 11.1 Å². The van der Waals surface area contributed by atoms with E-state index in [1.165, 1.54) is 18.4 Å². The van der Waals surface area contributed by atoms with Crippen molar-refractivity contribution in [1.82, 2.24) is 9.55 Å². The standard InChI is InChI=1S/C29H26N2O2.CH3.Li/c1-29(2,33)22-11-8-18(9-12-22)20-10-13-24-26(16-20)31-25(14-15-27(31)30-24)28-21(17-32)4-3-5-23(28)19-6-7-19;;/h3-5,8-13,15-16,19,25,33H,6-7,14H2,1-2H3;1H3;/q-2;-1;+1/t25-;;/m1../s1. The van der Waals surface area contributed by atoms with E-state index in [4.69, 9.17) is 4.98 Å². The van der Waals surface area contributed by atoms with Gasteiger partial charge in [0.1, 0.15) is 0 Å². The molecule has 1 fully saturated rings. The number of imidazole rings is 1. The van der Waals surface area contributed by atoms with Gasteiger partial charge in [-0.25, -0.2) is 0 Å². The van der Waals surface area contributed by atoms with E-state index < -0.39 is 5.60 Å². The van der Waals surface area contributed by atoms with Crippen molar-refractivity contribution in [3.05, 3.63) is 103 Å². The summed E-state index contributed by atoms with van der Waals surface area (Å²) in [5, 5.41) is 10.3. The molecule has 35 heavy (non-hydrogen) atoms. The first-order valence-electron chi connectivity index (χ1n) is 11.6. The van der Waals surface area contributed by atoms with E-state index in [1.54, 1.807) is 13.8 Å². The van der Waals surface area contributed by atoms with Crippen LogP contribution in [0.15, 0.2) is 60.7 Å². The fraction of sp³-hybridized carbons (Fsp3) is 0.267. The molecule has 1 N–H and O–H groups in total. The van der Waals surface area contributed by atoms with Gasteiger partial charge >= 0.3 is 18.9 Å². The fourth-order valence-corrected chi connectivity index (χ4v) is 5.20. The first kappa shape index (κ1) is 25.3. The molecule has 0 unspecified atom stereocenters. The van der Waals surface area contributed by atoms with Gasteiger partial charge in [0.15, 0.2) is 0 Å². The van der Waals surface area contributed by atoms with Crippen LogP contribution in [0.4, 0.5) is 0 Å². The summed E-state index contributed by atoms with van der Waals surface area (Å²) in [7, 11) is 0. The molecule has 3 aromatic carbocycles. The van der Waals surface area contributed by atoms with Crippen LogP contribution in [0.3, 0.4) is 0 Å². The van der Waals surface area contributed by atoms with Gasteiger partial charge in [0.05, 0.1) is 22.9 Å². The number of aliphatic hydroxyl groups is 1. The molecule has 1 aliphatic heterocycles. The van der Waals surface area contributed by atoms with Crippen molar-refractivity contribution in [3.63, 3.8) is 0 Å². The number of aromatic nitrogens is 2. The van der Waals surface area contributed by atoms with Crippen LogP contribution < -0.4 is 18.9 Å². The Morgan fingerprint density at radius 2 is 1.77 bits per heavy atom. The van der Waals surface area contributed by atoms with Crippen LogP contribution in [0.5, 0.6) is 0 Å². The van der Waals surface area contributed by atoms with Crippen molar-refractivity contribution >= 4 is 17.3 Å². The molecule has 0 spiro atoms. The van der Waals surface area contributed by atoms with Gasteiger partial charge in [0.2, 0.25) is 0 Å². The normalized spacial score (nSPS) is 16.7. The van der Waals surface area contributed by atoms with Gasteiger partial charge < -0.3 is 28.3 Å². The molecule has 0 bridgehead atoms. The number of fused-ring (bicyclic) bond motifs is 3. The number of rotatable bonds is 5. The molecule has 0 saturated heterocycles. The van der Waals surface area contributed by atoms with Crippen LogP contribution in [0, 0.1) is 13.8 Å². The Bertz CT molecular complexity index is 1380. The zero-order chi connectivity index (χ0) is 22.7. The Morgan fingerprint density at radius 1 is 1.06 bits per heavy atom. The van der Waals surface area contributed by atoms with E-state index in [0.29, 0.717) is 11.5 Å². The zero-order valence-electron chi connectivity index (χ0n) is 20.9. The van der Waals surface area contributed by atoms with E-state index in [1.807, 2.05) is 24.3 Å². The quantitative estimate of drug-likeness (QED) is 0.371. The Morgan fingerprint density at radius 3 is 2.43 bits per heavy atom. The minimum absolute atomic E-state index is 0. The molecule has 174 valence electrons. The number of carbonyl (C=O) groups excluding carboxylic acids is 1. The summed E-state index contributed by atoms with van der Waals surface area (Å²) in [6.07, 6.45) is 7.60. The summed E-state index contributed by atoms with van der Waals surface area (Å²) >= 11 is 0. The molecule has 5 heteroatoms. The zero-order valence-corrected chi connectivity index (χ0v) is 20.9. The Hall–Kier alpha value is -2.77. The monoisotopic (exact) mass is 456 g/mol. The molecule has 1 atom stereocenters. The third-order valence-corrected chi connectivity index (χ3v) is 7.08. The average Bonchev–Trinajstić information content (AvgIpc) is 3.49. The minimum atomic E-state index is -0.861. The van der Waals surface area contributed by atoms with E-state index in [-0.39, 0.29) is 32.3 Å². The smallest absolute Gasteiger partial charge is 0.386 e. The number of nitrogens with zero attached hydrogens (tertiary/aromatic N) is 2. The molecule has 4 nitrogen and oxygen atoms in total. The molecule has 6 rings (SSSR count). The summed E-state index contributed by atoms with van der Waals surface area (Å²) < 4.78 is 2.30. The van der Waals surface area contributed by atoms with Crippen LogP contribution in [0.1, 0.15) is 73.1 Å². The molecule has 1 aliphatic carbocycles. The number of benzene rings is 3. The minimum Gasteiger partial charge on any atom is -0.386 e. The first-order valence-corrected chi connectivity index (χ1v) is 11.6. The predicted molar refractivity (Wildman–Crippen MR) is 136 cm³/mol. The Kier molecular flexibility index (Phi) is 6.77. The molecular formula is C30H29LiN2O2-2. The van der Waals surface area contributed by atoms with E-state index in [0.717, 1.165) is 45.5 Å². The maximum atomic E-state index is 11.9. The van der Waals surface area contributed by atoms with Crippen LogP contribution >= 0.6 is 0 Å². The second-order valence-electron chi connectivity index (χ2n) is 9.82. The predicted octanol–water partition coefficient (Wildman–Crippen LogP) is 3.27. The second kappa shape index (κ2) is 9.35. The van der Waals surface area contributed by atoms with E-state index in [9.17, 15) is 9.90 Å². The van der Waals surface area contributed by atoms with Gasteiger partial charge in [-0.1, -0.05) is 42.0 Å². The molecule has 2 heterocycles. The second-order valence-corrected chi connectivity index (χ2v) is 9.82. The summed E-state index contributed by atoms with van der Waals surface area (Å²) in [4.78, 5) is 16.7. The largest absolute Gasteiger partial charge is 1.00 e. The third kappa shape index (κ3) is 4.36. The molecule has 1 saturated carbocycles. The maximum Gasteiger partial charge on any atom is 1.00 e. The number of hydrogen-bond acceptors (Lipinski definition) is 3. The molecule has 4 aromatic rings. The van der Waals surface area contributed by atoms with Gasteiger partial charge in [-0.05, 0) is 73.3 Å². The molecule has 0 amide bonds. The van der Waals surface area contributed by atoms with Gasteiger partial charge in [-0.3, -0.25) is 4.98 Å². The first-order chi connectivity index (χ1) is 15.9. The maximum absolute atomic E-state index is 11.9. The summed E-state index contributed by atoms with van der Waals surface area (Å²) in [5.41, 5.74) is 7.35. The summed E-state index contributed by atoms with van der Waals surface area (Å²) in [6, 6.07) is 20.6. The van der Waals surface area contributed by atoms with E-state index in [2.05, 4.69) is 53.7 Å². The Balaban J connectivity index is 0.00000144. The van der Waals surface area contributed by atoms with Crippen molar-refractivity contribution < 1.29 is 28.8 Å². The van der Waals surface area contributed by atoms with Gasteiger partial charge in [0, 0.05) is 0 Å². The third-order valence-electron chi connectivity index (χ3n) is 7.08. The van der Waals surface area contributed by atoms with Crippen LogP contribution in [-0.2, 0) is 10.4 Å². The van der Waals surface area contributed by atoms with E-state index >= 15 is 0 Å². The van der Waals surface area contributed by atoms with Gasteiger partial charge in [0.25, 0.3) is 0 Å². The van der Waals surface area contributed by atoms with Gasteiger partial charge in [-0.15, -0.1) is 23.6 Å². The number of hydrogen-bond donors (Lipinski definition) is 1. The van der Waals surface area contributed by atoms with Crippen molar-refractivity contribution in [2.24, 2.45) is 0 Å². The molecule has 2 aliphatic rings. The Labute approximate surface area is 219 Å². The molecule has 1 aromatic heterocycles. The van der Waals surface area contributed by atoms with Crippen LogP contribution in [0.25, 0.3) is 22.2 Å². The fourth-order valence-electron chi connectivity index (χ4n) is 5.20. The van der Waals surface area contributed by atoms with Gasteiger partial charge in [-0.2, -0.15) is 6.07 Å². The van der Waals surface area contributed by atoms with Crippen molar-refractivity contribution in [1.29, 1.82) is 0 Å². The van der Waals surface area contributed by atoms with Crippen LogP contribution in [-0.4, -0.2) is 20.9 Å². The topological polar surface area (TPSA) is 55.1 Å². The molecular weight excluding hydrogens is 427 g/mol.